The molecule has 0 N–H and O–H groups in total. The molecule has 0 radical (unpaired) electrons. The van der Waals surface area contributed by atoms with Crippen LogP contribution in [0.25, 0.3) is 0 Å². The van der Waals surface area contributed by atoms with E-state index in [9.17, 15) is 0 Å². The molecule has 1 heterocycles. The van der Waals surface area contributed by atoms with Gasteiger partial charge in [-0.1, -0.05) is 0 Å². The van der Waals surface area contributed by atoms with Gasteiger partial charge >= 0.3 is 0 Å². The van der Waals surface area contributed by atoms with Crippen molar-refractivity contribution in [3.8, 4) is 0 Å². The number of aryl methyl sites for hydroxylation is 1. The van der Waals surface area contributed by atoms with Crippen LogP contribution in [0.4, 0.5) is 0 Å². The molecular weight excluding hydrogens is 256 g/mol. The first-order chi connectivity index (χ1) is 8.86. The maximum Gasteiger partial charge on any atom is 0.105 e. The van der Waals surface area contributed by atoms with Crippen LogP contribution in [-0.4, -0.2) is 0 Å². The van der Waals surface area contributed by atoms with Gasteiger partial charge in [0.05, 0.1) is 11.6 Å². The minimum absolute atomic E-state index is 0.142. The molecule has 2 heteroatoms. The number of benzene rings is 1. The standard InChI is InChI=1S/C17H21ClO/c1-9-10(2)12(4)16(13(5)11(9)3)17(18)15-7-8-19-14(15)6/h7-8,17H,1-6H3. The summed E-state index contributed by atoms with van der Waals surface area (Å²) in [5.74, 6) is 0.898. The lowest BCUT2D eigenvalue weighted by Gasteiger charge is -2.22. The zero-order valence-corrected chi connectivity index (χ0v) is 13.3. The van der Waals surface area contributed by atoms with Crippen molar-refractivity contribution in [3.05, 3.63) is 57.0 Å². The number of halogens is 1. The lowest BCUT2D eigenvalue weighted by Crippen LogP contribution is -2.06. The van der Waals surface area contributed by atoms with Gasteiger partial charge in [0, 0.05) is 5.56 Å². The van der Waals surface area contributed by atoms with E-state index in [2.05, 4.69) is 34.6 Å². The summed E-state index contributed by atoms with van der Waals surface area (Å²) < 4.78 is 5.39. The fourth-order valence-electron chi connectivity index (χ4n) is 2.72. The van der Waals surface area contributed by atoms with Gasteiger partial charge in [-0.25, -0.2) is 0 Å². The van der Waals surface area contributed by atoms with Gasteiger partial charge in [0.15, 0.2) is 0 Å². The number of alkyl halides is 1. The van der Waals surface area contributed by atoms with Gasteiger partial charge in [0.25, 0.3) is 0 Å². The van der Waals surface area contributed by atoms with E-state index >= 15 is 0 Å². The van der Waals surface area contributed by atoms with E-state index in [0.717, 1.165) is 11.3 Å². The molecule has 0 aliphatic heterocycles. The minimum atomic E-state index is -0.142. The molecule has 0 aliphatic carbocycles. The average Bonchev–Trinajstić information content (AvgIpc) is 2.80. The van der Waals surface area contributed by atoms with Crippen LogP contribution in [0.1, 0.15) is 50.1 Å². The molecule has 0 bridgehead atoms. The molecule has 0 aliphatic rings. The first-order valence-corrected chi connectivity index (χ1v) is 7.04. The fraction of sp³-hybridized carbons (Fsp3) is 0.412. The Hall–Kier alpha value is -1.21. The summed E-state index contributed by atoms with van der Waals surface area (Å²) in [5, 5.41) is -0.142. The van der Waals surface area contributed by atoms with Crippen LogP contribution >= 0.6 is 11.6 Å². The van der Waals surface area contributed by atoms with Gasteiger partial charge in [-0.3, -0.25) is 0 Å². The molecular formula is C17H21ClO. The van der Waals surface area contributed by atoms with Gasteiger partial charge < -0.3 is 4.42 Å². The Balaban J connectivity index is 2.67. The largest absolute Gasteiger partial charge is 0.469 e. The summed E-state index contributed by atoms with van der Waals surface area (Å²) >= 11 is 6.73. The molecule has 1 unspecified atom stereocenters. The predicted octanol–water partition coefficient (Wildman–Crippen LogP) is 5.46. The molecule has 1 nitrogen and oxygen atoms in total. The van der Waals surface area contributed by atoms with Crippen molar-refractivity contribution in [1.29, 1.82) is 0 Å². The van der Waals surface area contributed by atoms with E-state index in [-0.39, 0.29) is 5.38 Å². The van der Waals surface area contributed by atoms with Gasteiger partial charge in [0.1, 0.15) is 5.76 Å². The highest BCUT2D eigenvalue weighted by atomic mass is 35.5. The second-order valence-electron chi connectivity index (χ2n) is 5.33. The molecule has 19 heavy (non-hydrogen) atoms. The fourth-order valence-corrected chi connectivity index (χ4v) is 3.28. The van der Waals surface area contributed by atoms with Crippen molar-refractivity contribution in [2.75, 3.05) is 0 Å². The van der Waals surface area contributed by atoms with Gasteiger partial charge in [-0.15, -0.1) is 11.6 Å². The molecule has 1 atom stereocenters. The molecule has 0 amide bonds. The summed E-state index contributed by atoms with van der Waals surface area (Å²) in [5.41, 5.74) is 8.92. The Morgan fingerprint density at radius 1 is 0.842 bits per heavy atom. The third kappa shape index (κ3) is 2.21. The molecule has 1 aromatic carbocycles. The quantitative estimate of drug-likeness (QED) is 0.664. The van der Waals surface area contributed by atoms with Crippen molar-refractivity contribution < 1.29 is 4.42 Å². The van der Waals surface area contributed by atoms with Crippen LogP contribution in [0.15, 0.2) is 16.7 Å². The highest BCUT2D eigenvalue weighted by molar-refractivity contribution is 6.23. The second kappa shape index (κ2) is 5.05. The van der Waals surface area contributed by atoms with Crippen molar-refractivity contribution in [2.45, 2.75) is 46.9 Å². The molecule has 1 aromatic heterocycles. The summed E-state index contributed by atoms with van der Waals surface area (Å²) in [6.07, 6.45) is 1.71. The van der Waals surface area contributed by atoms with E-state index in [0.29, 0.717) is 0 Å². The number of furan rings is 1. The van der Waals surface area contributed by atoms with E-state index in [1.807, 2.05) is 13.0 Å². The van der Waals surface area contributed by atoms with Crippen LogP contribution in [0.3, 0.4) is 0 Å². The van der Waals surface area contributed by atoms with Crippen molar-refractivity contribution >= 4 is 11.6 Å². The first-order valence-electron chi connectivity index (χ1n) is 6.61. The topological polar surface area (TPSA) is 13.1 Å². The van der Waals surface area contributed by atoms with Gasteiger partial charge in [0.2, 0.25) is 0 Å². The highest BCUT2D eigenvalue weighted by Crippen LogP contribution is 2.38. The minimum Gasteiger partial charge on any atom is -0.469 e. The first kappa shape index (κ1) is 14.2. The van der Waals surface area contributed by atoms with Crippen LogP contribution in [0.5, 0.6) is 0 Å². The zero-order chi connectivity index (χ0) is 14.3. The number of hydrogen-bond donors (Lipinski definition) is 0. The Morgan fingerprint density at radius 2 is 1.32 bits per heavy atom. The van der Waals surface area contributed by atoms with Gasteiger partial charge in [-0.2, -0.15) is 0 Å². The van der Waals surface area contributed by atoms with Crippen LogP contribution in [-0.2, 0) is 0 Å². The lowest BCUT2D eigenvalue weighted by atomic mass is 9.86. The second-order valence-corrected chi connectivity index (χ2v) is 5.77. The normalized spacial score (nSPS) is 12.8. The van der Waals surface area contributed by atoms with E-state index < -0.39 is 0 Å². The Morgan fingerprint density at radius 3 is 1.74 bits per heavy atom. The molecule has 0 saturated heterocycles. The van der Waals surface area contributed by atoms with Crippen molar-refractivity contribution in [2.24, 2.45) is 0 Å². The van der Waals surface area contributed by atoms with Crippen LogP contribution in [0.2, 0.25) is 0 Å². The number of rotatable bonds is 2. The summed E-state index contributed by atoms with van der Waals surface area (Å²) in [6, 6.07) is 1.97. The molecule has 2 rings (SSSR count). The predicted molar refractivity (Wildman–Crippen MR) is 81.3 cm³/mol. The summed E-state index contributed by atoms with van der Waals surface area (Å²) in [4.78, 5) is 0. The molecule has 0 saturated carbocycles. The Kier molecular flexibility index (Phi) is 3.78. The molecule has 0 fully saturated rings. The SMILES string of the molecule is Cc1occc1C(Cl)c1c(C)c(C)c(C)c(C)c1C. The summed E-state index contributed by atoms with van der Waals surface area (Å²) in [7, 11) is 0. The van der Waals surface area contributed by atoms with E-state index in [4.69, 9.17) is 16.0 Å². The smallest absolute Gasteiger partial charge is 0.105 e. The highest BCUT2D eigenvalue weighted by Gasteiger charge is 2.22. The van der Waals surface area contributed by atoms with E-state index in [1.54, 1.807) is 6.26 Å². The monoisotopic (exact) mass is 276 g/mol. The summed E-state index contributed by atoms with van der Waals surface area (Å²) in [6.45, 7) is 12.8. The van der Waals surface area contributed by atoms with Crippen LogP contribution in [0, 0.1) is 41.5 Å². The molecule has 102 valence electrons. The van der Waals surface area contributed by atoms with Gasteiger partial charge in [-0.05, 0) is 81.0 Å². The van der Waals surface area contributed by atoms with Crippen molar-refractivity contribution in [1.82, 2.24) is 0 Å². The zero-order valence-electron chi connectivity index (χ0n) is 12.5. The average molecular weight is 277 g/mol. The van der Waals surface area contributed by atoms with Crippen LogP contribution < -0.4 is 0 Å². The third-order valence-electron chi connectivity index (χ3n) is 4.48. The third-order valence-corrected chi connectivity index (χ3v) is 4.94. The number of hydrogen-bond acceptors (Lipinski definition) is 1. The maximum atomic E-state index is 6.73. The molecule has 0 spiro atoms. The van der Waals surface area contributed by atoms with E-state index in [1.165, 1.54) is 33.4 Å². The molecule has 2 aromatic rings. The Labute approximate surface area is 120 Å². The lowest BCUT2D eigenvalue weighted by molar-refractivity contribution is 0.530. The Bertz CT molecular complexity index is 593. The maximum absolute atomic E-state index is 6.73. The van der Waals surface area contributed by atoms with Crippen molar-refractivity contribution in [3.63, 3.8) is 0 Å².